The van der Waals surface area contributed by atoms with Gasteiger partial charge < -0.3 is 4.98 Å². The molecule has 0 bridgehead atoms. The molecule has 1 aliphatic heterocycles. The summed E-state index contributed by atoms with van der Waals surface area (Å²) >= 11 is 0. The predicted molar refractivity (Wildman–Crippen MR) is 70.1 cm³/mol. The molecular formula is C12H19N3O3S. The average Bonchev–Trinajstić information content (AvgIpc) is 2.88. The number of imidazole rings is 1. The second kappa shape index (κ2) is 5.42. The fourth-order valence-electron chi connectivity index (χ4n) is 2.30. The van der Waals surface area contributed by atoms with Gasteiger partial charge in [0.05, 0.1) is 6.20 Å². The van der Waals surface area contributed by atoms with Crippen molar-refractivity contribution in [2.75, 3.05) is 13.1 Å². The number of sulfonamides is 1. The first kappa shape index (κ1) is 14.2. The number of aromatic nitrogens is 2. The van der Waals surface area contributed by atoms with Gasteiger partial charge in [0.15, 0.2) is 5.03 Å². The molecule has 0 aliphatic carbocycles. The third-order valence-corrected chi connectivity index (χ3v) is 5.39. The zero-order valence-corrected chi connectivity index (χ0v) is 12.0. The van der Waals surface area contributed by atoms with E-state index in [1.54, 1.807) is 6.92 Å². The van der Waals surface area contributed by atoms with Crippen LogP contribution in [0.3, 0.4) is 0 Å². The number of hydrogen-bond acceptors (Lipinski definition) is 4. The van der Waals surface area contributed by atoms with E-state index in [1.807, 2.05) is 6.92 Å². The molecule has 7 heteroatoms. The molecule has 6 nitrogen and oxygen atoms in total. The number of carbonyl (C=O) groups excluding carboxylic acids is 1. The first-order chi connectivity index (χ1) is 8.95. The minimum Gasteiger partial charge on any atom is -0.332 e. The van der Waals surface area contributed by atoms with Crippen molar-refractivity contribution in [3.8, 4) is 0 Å². The van der Waals surface area contributed by atoms with E-state index >= 15 is 0 Å². The summed E-state index contributed by atoms with van der Waals surface area (Å²) in [5.41, 5.74) is 0. The largest absolute Gasteiger partial charge is 0.332 e. The Balaban J connectivity index is 2.11. The Kier molecular flexibility index (Phi) is 4.05. The molecule has 106 valence electrons. The Morgan fingerprint density at radius 1 is 1.47 bits per heavy atom. The zero-order valence-electron chi connectivity index (χ0n) is 11.2. The van der Waals surface area contributed by atoms with Crippen LogP contribution in [-0.2, 0) is 21.2 Å². The van der Waals surface area contributed by atoms with Crippen molar-refractivity contribution in [1.82, 2.24) is 14.3 Å². The van der Waals surface area contributed by atoms with Crippen LogP contribution < -0.4 is 0 Å². The van der Waals surface area contributed by atoms with Gasteiger partial charge >= 0.3 is 0 Å². The quantitative estimate of drug-likeness (QED) is 0.893. The third kappa shape index (κ3) is 2.87. The van der Waals surface area contributed by atoms with Gasteiger partial charge in [-0.05, 0) is 19.8 Å². The molecule has 0 radical (unpaired) electrons. The topological polar surface area (TPSA) is 83.1 Å². The van der Waals surface area contributed by atoms with Crippen LogP contribution in [0.2, 0.25) is 0 Å². The summed E-state index contributed by atoms with van der Waals surface area (Å²) in [4.78, 5) is 18.1. The number of carbonyl (C=O) groups is 1. The number of nitrogens with one attached hydrogen (secondary N) is 1. The van der Waals surface area contributed by atoms with Gasteiger partial charge in [0.2, 0.25) is 0 Å². The van der Waals surface area contributed by atoms with E-state index in [4.69, 9.17) is 0 Å². The van der Waals surface area contributed by atoms with Gasteiger partial charge in [-0.25, -0.2) is 13.4 Å². The zero-order chi connectivity index (χ0) is 14.0. The van der Waals surface area contributed by atoms with Crippen LogP contribution in [0.15, 0.2) is 11.2 Å². The third-order valence-electron chi connectivity index (χ3n) is 3.59. The molecule has 1 saturated heterocycles. The summed E-state index contributed by atoms with van der Waals surface area (Å²) in [5, 5.41) is 0.144. The highest BCUT2D eigenvalue weighted by molar-refractivity contribution is 7.89. The van der Waals surface area contributed by atoms with Crippen molar-refractivity contribution >= 4 is 15.8 Å². The van der Waals surface area contributed by atoms with Gasteiger partial charge in [-0.1, -0.05) is 6.92 Å². The van der Waals surface area contributed by atoms with E-state index < -0.39 is 10.0 Å². The van der Waals surface area contributed by atoms with Gasteiger partial charge in [0.25, 0.3) is 10.0 Å². The maximum absolute atomic E-state index is 12.4. The summed E-state index contributed by atoms with van der Waals surface area (Å²) < 4.78 is 26.2. The number of Topliss-reactive ketones (excluding diaryl/α,β-unsaturated/α-hetero) is 1. The minimum atomic E-state index is -3.50. The van der Waals surface area contributed by atoms with Crippen molar-refractivity contribution in [3.05, 3.63) is 12.0 Å². The van der Waals surface area contributed by atoms with Crippen molar-refractivity contribution in [2.45, 2.75) is 38.1 Å². The lowest BCUT2D eigenvalue weighted by molar-refractivity contribution is -0.121. The lowest BCUT2D eigenvalue weighted by Crippen LogP contribution is -2.40. The number of aromatic amines is 1. The van der Waals surface area contributed by atoms with Crippen molar-refractivity contribution in [2.24, 2.45) is 5.92 Å². The lowest BCUT2D eigenvalue weighted by Gasteiger charge is -2.29. The monoisotopic (exact) mass is 285 g/mol. The molecule has 0 saturated carbocycles. The average molecular weight is 285 g/mol. The number of piperidine rings is 1. The Morgan fingerprint density at radius 3 is 2.58 bits per heavy atom. The normalized spacial score (nSPS) is 18.6. The van der Waals surface area contributed by atoms with Crippen LogP contribution in [-0.4, -0.2) is 41.6 Å². The summed E-state index contributed by atoms with van der Waals surface area (Å²) in [6.45, 7) is 4.27. The lowest BCUT2D eigenvalue weighted by atomic mass is 9.95. The fourth-order valence-corrected chi connectivity index (χ4v) is 3.70. The fraction of sp³-hybridized carbons (Fsp3) is 0.667. The smallest absolute Gasteiger partial charge is 0.260 e. The van der Waals surface area contributed by atoms with E-state index in [1.165, 1.54) is 10.5 Å². The van der Waals surface area contributed by atoms with Gasteiger partial charge in [0.1, 0.15) is 11.6 Å². The van der Waals surface area contributed by atoms with E-state index in [2.05, 4.69) is 9.97 Å². The SMILES string of the molecule is CCc1ncc(S(=O)(=O)N2CCC(C(C)=O)CC2)[nH]1. The number of rotatable bonds is 4. The van der Waals surface area contributed by atoms with Crippen LogP contribution in [0, 0.1) is 5.92 Å². The molecule has 0 atom stereocenters. The van der Waals surface area contributed by atoms with E-state index in [0.717, 1.165) is 0 Å². The molecule has 1 fully saturated rings. The minimum absolute atomic E-state index is 0.000537. The Morgan fingerprint density at radius 2 is 2.11 bits per heavy atom. The Bertz CT molecular complexity index is 557. The summed E-state index contributed by atoms with van der Waals surface area (Å²) in [7, 11) is -3.50. The van der Waals surface area contributed by atoms with E-state index in [0.29, 0.717) is 38.2 Å². The van der Waals surface area contributed by atoms with Crippen LogP contribution in [0.4, 0.5) is 0 Å². The number of ketones is 1. The summed E-state index contributed by atoms with van der Waals surface area (Å²) in [6, 6.07) is 0. The Hall–Kier alpha value is -1.21. The molecule has 0 spiro atoms. The van der Waals surface area contributed by atoms with Crippen LogP contribution in [0.25, 0.3) is 0 Å². The van der Waals surface area contributed by atoms with E-state index in [-0.39, 0.29) is 16.7 Å². The first-order valence-electron chi connectivity index (χ1n) is 6.49. The van der Waals surface area contributed by atoms with Gasteiger partial charge in [-0.15, -0.1) is 0 Å². The molecular weight excluding hydrogens is 266 g/mol. The standard InChI is InChI=1S/C12H19N3O3S/c1-3-11-13-8-12(14-11)19(17,18)15-6-4-10(5-7-15)9(2)16/h8,10H,3-7H2,1-2H3,(H,13,14). The molecule has 0 amide bonds. The number of nitrogens with zero attached hydrogens (tertiary/aromatic N) is 2. The van der Waals surface area contributed by atoms with Crippen molar-refractivity contribution in [1.29, 1.82) is 0 Å². The van der Waals surface area contributed by atoms with Gasteiger partial charge in [-0.2, -0.15) is 4.31 Å². The molecule has 2 rings (SSSR count). The highest BCUT2D eigenvalue weighted by Crippen LogP contribution is 2.23. The summed E-state index contributed by atoms with van der Waals surface area (Å²) in [6.07, 6.45) is 3.24. The van der Waals surface area contributed by atoms with Crippen molar-refractivity contribution in [3.63, 3.8) is 0 Å². The summed E-state index contributed by atoms with van der Waals surface area (Å²) in [5.74, 6) is 0.809. The molecule has 1 N–H and O–H groups in total. The second-order valence-electron chi connectivity index (χ2n) is 4.84. The highest BCUT2D eigenvalue weighted by Gasteiger charge is 2.31. The molecule has 19 heavy (non-hydrogen) atoms. The van der Waals surface area contributed by atoms with Crippen molar-refractivity contribution < 1.29 is 13.2 Å². The maximum Gasteiger partial charge on any atom is 0.260 e. The first-order valence-corrected chi connectivity index (χ1v) is 7.93. The highest BCUT2D eigenvalue weighted by atomic mass is 32.2. The molecule has 2 heterocycles. The van der Waals surface area contributed by atoms with Gasteiger partial charge in [-0.3, -0.25) is 4.79 Å². The van der Waals surface area contributed by atoms with Gasteiger partial charge in [0, 0.05) is 25.4 Å². The Labute approximate surface area is 113 Å². The van der Waals surface area contributed by atoms with Crippen LogP contribution in [0.1, 0.15) is 32.5 Å². The maximum atomic E-state index is 12.4. The van der Waals surface area contributed by atoms with E-state index in [9.17, 15) is 13.2 Å². The molecule has 1 aromatic heterocycles. The molecule has 0 aromatic carbocycles. The molecule has 1 aliphatic rings. The van der Waals surface area contributed by atoms with Crippen LogP contribution >= 0.6 is 0 Å². The molecule has 0 unspecified atom stereocenters. The van der Waals surface area contributed by atoms with Crippen LogP contribution in [0.5, 0.6) is 0 Å². The number of hydrogen-bond donors (Lipinski definition) is 1. The predicted octanol–water partition coefficient (Wildman–Crippen LogP) is 0.962. The second-order valence-corrected chi connectivity index (χ2v) is 6.74. The number of aryl methyl sites for hydroxylation is 1. The molecule has 1 aromatic rings. The number of H-pyrrole nitrogens is 1.